The fourth-order valence-electron chi connectivity index (χ4n) is 1.37. The van der Waals surface area contributed by atoms with Gasteiger partial charge in [0.25, 0.3) is 0 Å². The maximum absolute atomic E-state index is 11.2. The van der Waals surface area contributed by atoms with Crippen LogP contribution >= 0.6 is 0 Å². The minimum atomic E-state index is -1.06. The van der Waals surface area contributed by atoms with Crippen LogP contribution in [-0.4, -0.2) is 36.9 Å². The summed E-state index contributed by atoms with van der Waals surface area (Å²) in [6.45, 7) is 3.85. The molecule has 1 N–H and O–H groups in total. The Morgan fingerprint density at radius 3 is 2.42 bits per heavy atom. The standard InChI is InChI=1S/C13H16O6/c1-3-17-11-7-9(13(15)16)5-6-10(11)19-8-12(14)18-4-2/h5-7H,3-4,8H2,1-2H3,(H,15,16). The Kier molecular flexibility index (Phi) is 5.66. The second-order valence-corrected chi connectivity index (χ2v) is 3.49. The molecule has 0 spiro atoms. The Labute approximate surface area is 110 Å². The topological polar surface area (TPSA) is 82.1 Å². The molecule has 1 aromatic rings. The van der Waals surface area contributed by atoms with E-state index in [0.717, 1.165) is 0 Å². The summed E-state index contributed by atoms with van der Waals surface area (Å²) in [7, 11) is 0. The Hall–Kier alpha value is -2.24. The van der Waals surface area contributed by atoms with E-state index in [1.807, 2.05) is 0 Å². The molecule has 0 heterocycles. The van der Waals surface area contributed by atoms with Gasteiger partial charge in [-0.3, -0.25) is 0 Å². The highest BCUT2D eigenvalue weighted by Gasteiger charge is 2.12. The monoisotopic (exact) mass is 268 g/mol. The second-order valence-electron chi connectivity index (χ2n) is 3.49. The molecule has 0 atom stereocenters. The third kappa shape index (κ3) is 4.50. The highest BCUT2D eigenvalue weighted by Crippen LogP contribution is 2.28. The van der Waals surface area contributed by atoms with Crippen molar-refractivity contribution in [3.05, 3.63) is 23.8 Å². The molecule has 0 bridgehead atoms. The average Bonchev–Trinajstić information content (AvgIpc) is 2.37. The highest BCUT2D eigenvalue weighted by molar-refractivity contribution is 5.88. The molecule has 0 unspecified atom stereocenters. The van der Waals surface area contributed by atoms with E-state index >= 15 is 0 Å². The summed E-state index contributed by atoms with van der Waals surface area (Å²) < 4.78 is 15.3. The predicted molar refractivity (Wildman–Crippen MR) is 66.7 cm³/mol. The first kappa shape index (κ1) is 14.8. The van der Waals surface area contributed by atoms with E-state index in [4.69, 9.17) is 19.3 Å². The molecule has 19 heavy (non-hydrogen) atoms. The molecule has 0 amide bonds. The number of rotatable bonds is 7. The molecule has 1 rings (SSSR count). The third-order valence-corrected chi connectivity index (χ3v) is 2.14. The van der Waals surface area contributed by atoms with Gasteiger partial charge in [0, 0.05) is 0 Å². The van der Waals surface area contributed by atoms with Crippen LogP contribution in [0.15, 0.2) is 18.2 Å². The Balaban J connectivity index is 2.81. The van der Waals surface area contributed by atoms with Crippen molar-refractivity contribution in [2.45, 2.75) is 13.8 Å². The lowest BCUT2D eigenvalue weighted by molar-refractivity contribution is -0.145. The van der Waals surface area contributed by atoms with Crippen molar-refractivity contribution in [1.82, 2.24) is 0 Å². The lowest BCUT2D eigenvalue weighted by Gasteiger charge is -2.12. The quantitative estimate of drug-likeness (QED) is 0.758. The number of aromatic carboxylic acids is 1. The van der Waals surface area contributed by atoms with Crippen LogP contribution in [0.3, 0.4) is 0 Å². The van der Waals surface area contributed by atoms with E-state index in [9.17, 15) is 9.59 Å². The van der Waals surface area contributed by atoms with Crippen LogP contribution in [0.25, 0.3) is 0 Å². The third-order valence-electron chi connectivity index (χ3n) is 2.14. The maximum atomic E-state index is 11.2. The van der Waals surface area contributed by atoms with Crippen molar-refractivity contribution < 1.29 is 28.9 Å². The van der Waals surface area contributed by atoms with Crippen molar-refractivity contribution in [2.75, 3.05) is 19.8 Å². The second kappa shape index (κ2) is 7.25. The molecular formula is C13H16O6. The van der Waals surface area contributed by atoms with E-state index in [1.54, 1.807) is 13.8 Å². The molecule has 0 saturated carbocycles. The fraction of sp³-hybridized carbons (Fsp3) is 0.385. The van der Waals surface area contributed by atoms with Crippen LogP contribution < -0.4 is 9.47 Å². The summed E-state index contributed by atoms with van der Waals surface area (Å²) in [6.07, 6.45) is 0. The van der Waals surface area contributed by atoms with Gasteiger partial charge in [0.2, 0.25) is 0 Å². The summed E-state index contributed by atoms with van der Waals surface area (Å²) in [4.78, 5) is 22.0. The van der Waals surface area contributed by atoms with Crippen molar-refractivity contribution in [2.24, 2.45) is 0 Å². The van der Waals surface area contributed by atoms with Crippen molar-refractivity contribution in [3.8, 4) is 11.5 Å². The van der Waals surface area contributed by atoms with Gasteiger partial charge in [-0.2, -0.15) is 0 Å². The molecule has 0 fully saturated rings. The number of carboxylic acids is 1. The normalized spacial score (nSPS) is 9.79. The number of ether oxygens (including phenoxy) is 3. The zero-order chi connectivity index (χ0) is 14.3. The zero-order valence-electron chi connectivity index (χ0n) is 10.8. The van der Waals surface area contributed by atoms with E-state index in [1.165, 1.54) is 18.2 Å². The molecular weight excluding hydrogens is 252 g/mol. The molecule has 0 aliphatic carbocycles. The minimum Gasteiger partial charge on any atom is -0.490 e. The first-order valence-corrected chi connectivity index (χ1v) is 5.87. The molecule has 104 valence electrons. The van der Waals surface area contributed by atoms with Crippen molar-refractivity contribution in [1.29, 1.82) is 0 Å². The van der Waals surface area contributed by atoms with Crippen LogP contribution in [0.4, 0.5) is 0 Å². The molecule has 0 aromatic heterocycles. The minimum absolute atomic E-state index is 0.0898. The number of carbonyl (C=O) groups excluding carboxylic acids is 1. The summed E-state index contributed by atoms with van der Waals surface area (Å²) >= 11 is 0. The number of carbonyl (C=O) groups is 2. The van der Waals surface area contributed by atoms with Gasteiger partial charge in [-0.05, 0) is 32.0 Å². The number of hydrogen-bond donors (Lipinski definition) is 1. The first-order valence-electron chi connectivity index (χ1n) is 5.87. The molecule has 6 nitrogen and oxygen atoms in total. The molecule has 1 aromatic carbocycles. The molecule has 0 radical (unpaired) electrons. The largest absolute Gasteiger partial charge is 0.490 e. The van der Waals surface area contributed by atoms with Crippen LogP contribution in [0.1, 0.15) is 24.2 Å². The lowest BCUT2D eigenvalue weighted by atomic mass is 10.2. The van der Waals surface area contributed by atoms with Crippen LogP contribution in [-0.2, 0) is 9.53 Å². The molecule has 0 aliphatic rings. The highest BCUT2D eigenvalue weighted by atomic mass is 16.6. The van der Waals surface area contributed by atoms with Gasteiger partial charge in [-0.25, -0.2) is 9.59 Å². The van der Waals surface area contributed by atoms with Crippen LogP contribution in [0, 0.1) is 0 Å². The van der Waals surface area contributed by atoms with E-state index in [-0.39, 0.29) is 24.5 Å². The predicted octanol–water partition coefficient (Wildman–Crippen LogP) is 1.73. The van der Waals surface area contributed by atoms with E-state index < -0.39 is 11.9 Å². The van der Waals surface area contributed by atoms with Crippen LogP contribution in [0.2, 0.25) is 0 Å². The Morgan fingerprint density at radius 2 is 1.84 bits per heavy atom. The maximum Gasteiger partial charge on any atom is 0.344 e. The SMILES string of the molecule is CCOC(=O)COc1ccc(C(=O)O)cc1OCC. The van der Waals surface area contributed by atoms with Gasteiger partial charge >= 0.3 is 11.9 Å². The fourth-order valence-corrected chi connectivity index (χ4v) is 1.37. The summed E-state index contributed by atoms with van der Waals surface area (Å²) in [6, 6.07) is 4.19. The zero-order valence-corrected chi connectivity index (χ0v) is 10.8. The van der Waals surface area contributed by atoms with Crippen molar-refractivity contribution >= 4 is 11.9 Å². The number of esters is 1. The Bertz CT molecular complexity index is 454. The van der Waals surface area contributed by atoms with Gasteiger partial charge in [-0.15, -0.1) is 0 Å². The smallest absolute Gasteiger partial charge is 0.344 e. The average molecular weight is 268 g/mol. The summed E-state index contributed by atoms with van der Waals surface area (Å²) in [5.74, 6) is -0.961. The number of carboxylic acid groups (broad SMARTS) is 1. The van der Waals surface area contributed by atoms with Gasteiger partial charge in [0.05, 0.1) is 18.8 Å². The first-order chi connectivity index (χ1) is 9.08. The number of hydrogen-bond acceptors (Lipinski definition) is 5. The van der Waals surface area contributed by atoms with Gasteiger partial charge in [0.1, 0.15) is 0 Å². The van der Waals surface area contributed by atoms with E-state index in [0.29, 0.717) is 12.4 Å². The van der Waals surface area contributed by atoms with Gasteiger partial charge in [0.15, 0.2) is 18.1 Å². The van der Waals surface area contributed by atoms with E-state index in [2.05, 4.69) is 0 Å². The summed E-state index contributed by atoms with van der Waals surface area (Å²) in [5.41, 5.74) is 0.0898. The van der Waals surface area contributed by atoms with Gasteiger partial charge in [-0.1, -0.05) is 0 Å². The molecule has 6 heteroatoms. The molecule has 0 aliphatic heterocycles. The molecule has 0 saturated heterocycles. The Morgan fingerprint density at radius 1 is 1.11 bits per heavy atom. The summed E-state index contributed by atoms with van der Waals surface area (Å²) in [5, 5.41) is 8.89. The van der Waals surface area contributed by atoms with Crippen LogP contribution in [0.5, 0.6) is 11.5 Å². The van der Waals surface area contributed by atoms with Crippen molar-refractivity contribution in [3.63, 3.8) is 0 Å². The number of benzene rings is 1. The lowest BCUT2D eigenvalue weighted by Crippen LogP contribution is -2.15. The van der Waals surface area contributed by atoms with Gasteiger partial charge < -0.3 is 19.3 Å².